The number of amides is 2. The number of hydrogen-bond donors (Lipinski definition) is 1. The molecule has 1 aromatic heterocycles. The van der Waals surface area contributed by atoms with Crippen LogP contribution in [0.15, 0.2) is 102 Å². The maximum Gasteiger partial charge on any atom is 0.322 e. The van der Waals surface area contributed by atoms with Gasteiger partial charge in [-0.3, -0.25) is 0 Å². The van der Waals surface area contributed by atoms with Gasteiger partial charge in [0.1, 0.15) is 5.82 Å². The van der Waals surface area contributed by atoms with Crippen LogP contribution in [-0.4, -0.2) is 15.5 Å². The molecule has 4 nitrogen and oxygen atoms in total. The molecule has 0 saturated carbocycles. The van der Waals surface area contributed by atoms with Crippen molar-refractivity contribution in [2.45, 2.75) is 19.6 Å². The zero-order valence-electron chi connectivity index (χ0n) is 17.4. The first-order valence-electron chi connectivity index (χ1n) is 10.3. The molecular weight excluding hydrogens is 469 g/mol. The molecule has 4 rings (SSSR count). The van der Waals surface area contributed by atoms with Gasteiger partial charge in [0.25, 0.3) is 0 Å². The van der Waals surface area contributed by atoms with E-state index < -0.39 is 0 Å². The minimum atomic E-state index is -0.250. The second-order valence-corrected chi connectivity index (χ2v) is 8.45. The monoisotopic (exact) mass is 491 g/mol. The lowest BCUT2D eigenvalue weighted by Crippen LogP contribution is -2.34. The molecule has 0 fully saturated rings. The van der Waals surface area contributed by atoms with Crippen molar-refractivity contribution in [3.05, 3.63) is 124 Å². The van der Waals surface area contributed by atoms with Crippen LogP contribution in [0.5, 0.6) is 0 Å². The third kappa shape index (κ3) is 5.86. The van der Waals surface area contributed by atoms with Crippen molar-refractivity contribution in [3.8, 4) is 0 Å². The zero-order valence-corrected chi connectivity index (χ0v) is 19.0. The van der Waals surface area contributed by atoms with Gasteiger partial charge in [0.05, 0.1) is 6.54 Å². The standard InChI is InChI=1S/C26H23BrFN3O/c27-22-8-4-9-24(16-22)29-26(32)31(18-20-6-2-1-3-7-20)19-25-10-5-15-30(25)17-21-11-13-23(28)14-12-21/h1-16H,17-19H2,(H,29,32). The van der Waals surface area contributed by atoms with Crippen molar-refractivity contribution in [1.82, 2.24) is 9.47 Å². The molecule has 162 valence electrons. The molecule has 0 unspecified atom stereocenters. The van der Waals surface area contributed by atoms with E-state index >= 15 is 0 Å². The summed E-state index contributed by atoms with van der Waals surface area (Å²) in [5, 5.41) is 3.00. The third-order valence-electron chi connectivity index (χ3n) is 5.12. The summed E-state index contributed by atoms with van der Waals surface area (Å²) in [7, 11) is 0. The van der Waals surface area contributed by atoms with E-state index in [2.05, 4.69) is 25.8 Å². The number of aromatic nitrogens is 1. The number of carbonyl (C=O) groups excluding carboxylic acids is 1. The normalized spacial score (nSPS) is 10.7. The van der Waals surface area contributed by atoms with Crippen molar-refractivity contribution in [2.75, 3.05) is 5.32 Å². The molecule has 0 radical (unpaired) electrons. The molecule has 32 heavy (non-hydrogen) atoms. The number of benzene rings is 3. The second kappa shape index (κ2) is 10.3. The molecule has 1 N–H and O–H groups in total. The molecule has 0 saturated heterocycles. The van der Waals surface area contributed by atoms with Crippen LogP contribution < -0.4 is 5.32 Å². The number of halogens is 2. The smallest absolute Gasteiger partial charge is 0.322 e. The Balaban J connectivity index is 1.54. The average molecular weight is 492 g/mol. The number of hydrogen-bond acceptors (Lipinski definition) is 1. The Kier molecular flexibility index (Phi) is 7.02. The number of rotatable bonds is 7. The molecule has 6 heteroatoms. The summed E-state index contributed by atoms with van der Waals surface area (Å²) in [6.07, 6.45) is 1.98. The first-order chi connectivity index (χ1) is 15.6. The van der Waals surface area contributed by atoms with Gasteiger partial charge in [-0.1, -0.05) is 64.5 Å². The number of nitrogens with one attached hydrogen (secondary N) is 1. The third-order valence-corrected chi connectivity index (χ3v) is 5.62. The van der Waals surface area contributed by atoms with E-state index in [1.54, 1.807) is 17.0 Å². The average Bonchev–Trinajstić information content (AvgIpc) is 3.22. The highest BCUT2D eigenvalue weighted by Gasteiger charge is 2.17. The van der Waals surface area contributed by atoms with E-state index in [9.17, 15) is 9.18 Å². The Morgan fingerprint density at radius 2 is 1.66 bits per heavy atom. The molecule has 2 amide bonds. The van der Waals surface area contributed by atoms with Crippen LogP contribution in [0, 0.1) is 5.82 Å². The predicted molar refractivity (Wildman–Crippen MR) is 129 cm³/mol. The van der Waals surface area contributed by atoms with Crippen molar-refractivity contribution in [3.63, 3.8) is 0 Å². The Morgan fingerprint density at radius 1 is 0.875 bits per heavy atom. The van der Waals surface area contributed by atoms with Crippen LogP contribution in [0.1, 0.15) is 16.8 Å². The molecule has 0 atom stereocenters. The lowest BCUT2D eigenvalue weighted by atomic mass is 10.2. The van der Waals surface area contributed by atoms with Crippen molar-refractivity contribution in [1.29, 1.82) is 0 Å². The van der Waals surface area contributed by atoms with Gasteiger partial charge in [-0.2, -0.15) is 0 Å². The summed E-state index contributed by atoms with van der Waals surface area (Å²) in [6.45, 7) is 1.51. The van der Waals surface area contributed by atoms with Gasteiger partial charge in [-0.15, -0.1) is 0 Å². The SMILES string of the molecule is O=C(Nc1cccc(Br)c1)N(Cc1ccccc1)Cc1cccn1Cc1ccc(F)cc1. The number of urea groups is 1. The zero-order chi connectivity index (χ0) is 22.3. The Morgan fingerprint density at radius 3 is 2.41 bits per heavy atom. The minimum absolute atomic E-state index is 0.179. The molecule has 0 spiro atoms. The highest BCUT2D eigenvalue weighted by molar-refractivity contribution is 9.10. The van der Waals surface area contributed by atoms with Gasteiger partial charge < -0.3 is 14.8 Å². The van der Waals surface area contributed by atoms with E-state index in [-0.39, 0.29) is 11.8 Å². The summed E-state index contributed by atoms with van der Waals surface area (Å²) in [5.74, 6) is -0.250. The fraction of sp³-hybridized carbons (Fsp3) is 0.115. The fourth-order valence-electron chi connectivity index (χ4n) is 3.50. The molecular formula is C26H23BrFN3O. The van der Waals surface area contributed by atoms with Crippen LogP contribution in [0.4, 0.5) is 14.9 Å². The van der Waals surface area contributed by atoms with Crippen molar-refractivity contribution >= 4 is 27.6 Å². The predicted octanol–water partition coefficient (Wildman–Crippen LogP) is 6.67. The topological polar surface area (TPSA) is 37.3 Å². The number of nitrogens with zero attached hydrogens (tertiary/aromatic N) is 2. The highest BCUT2D eigenvalue weighted by atomic mass is 79.9. The van der Waals surface area contributed by atoms with Gasteiger partial charge in [-0.05, 0) is 53.6 Å². The maximum absolute atomic E-state index is 13.3. The van der Waals surface area contributed by atoms with Gasteiger partial charge in [0, 0.05) is 35.1 Å². The van der Waals surface area contributed by atoms with Gasteiger partial charge in [0.15, 0.2) is 0 Å². The molecule has 1 heterocycles. The van der Waals surface area contributed by atoms with Gasteiger partial charge in [-0.25, -0.2) is 9.18 Å². The van der Waals surface area contributed by atoms with Crippen molar-refractivity contribution < 1.29 is 9.18 Å². The molecule has 4 aromatic rings. The molecule has 0 aliphatic heterocycles. The van der Waals surface area contributed by atoms with Crippen LogP contribution >= 0.6 is 15.9 Å². The van der Waals surface area contributed by atoms with E-state index in [1.807, 2.05) is 72.9 Å². The Hall–Kier alpha value is -3.38. The van der Waals surface area contributed by atoms with Crippen LogP contribution in [-0.2, 0) is 19.6 Å². The molecule has 0 bridgehead atoms. The summed E-state index contributed by atoms with van der Waals surface area (Å²) >= 11 is 3.45. The summed E-state index contributed by atoms with van der Waals surface area (Å²) < 4.78 is 16.2. The Bertz CT molecular complexity index is 1180. The molecule has 3 aromatic carbocycles. The van der Waals surface area contributed by atoms with E-state index in [0.717, 1.165) is 27.0 Å². The fourth-order valence-corrected chi connectivity index (χ4v) is 3.90. The van der Waals surface area contributed by atoms with E-state index in [1.165, 1.54) is 12.1 Å². The lowest BCUT2D eigenvalue weighted by Gasteiger charge is -2.24. The van der Waals surface area contributed by atoms with Crippen molar-refractivity contribution in [2.24, 2.45) is 0 Å². The number of carbonyl (C=O) groups is 1. The first kappa shape index (κ1) is 21.8. The van der Waals surface area contributed by atoms with Crippen LogP contribution in [0.25, 0.3) is 0 Å². The van der Waals surface area contributed by atoms with E-state index in [0.29, 0.717) is 19.6 Å². The van der Waals surface area contributed by atoms with Crippen LogP contribution in [0.3, 0.4) is 0 Å². The summed E-state index contributed by atoms with van der Waals surface area (Å²) in [6, 6.07) is 27.7. The van der Waals surface area contributed by atoms with Gasteiger partial charge >= 0.3 is 6.03 Å². The van der Waals surface area contributed by atoms with E-state index in [4.69, 9.17) is 0 Å². The quantitative estimate of drug-likeness (QED) is 0.307. The molecule has 0 aliphatic rings. The summed E-state index contributed by atoms with van der Waals surface area (Å²) in [4.78, 5) is 15.0. The summed E-state index contributed by atoms with van der Waals surface area (Å²) in [5.41, 5.74) is 3.77. The minimum Gasteiger partial charge on any atom is -0.345 e. The largest absolute Gasteiger partial charge is 0.345 e. The van der Waals surface area contributed by atoms with Gasteiger partial charge in [0.2, 0.25) is 0 Å². The number of anilines is 1. The molecule has 0 aliphatic carbocycles. The van der Waals surface area contributed by atoms with Crippen LogP contribution in [0.2, 0.25) is 0 Å². The maximum atomic E-state index is 13.3. The highest BCUT2D eigenvalue weighted by Crippen LogP contribution is 2.18. The lowest BCUT2D eigenvalue weighted by molar-refractivity contribution is 0.205. The Labute approximate surface area is 195 Å². The second-order valence-electron chi connectivity index (χ2n) is 7.54. The first-order valence-corrected chi connectivity index (χ1v) is 11.1.